The van der Waals surface area contributed by atoms with Gasteiger partial charge in [-0.1, -0.05) is 6.92 Å². The molecule has 44 valence electrons. The summed E-state index contributed by atoms with van der Waals surface area (Å²) in [6.07, 6.45) is 1.18. The molecule has 0 spiro atoms. The lowest BCUT2D eigenvalue weighted by Crippen LogP contribution is -1.82. The summed E-state index contributed by atoms with van der Waals surface area (Å²) in [7, 11) is -0.0784. The molecule has 0 aromatic carbocycles. The van der Waals surface area contributed by atoms with Crippen LogP contribution < -0.4 is 0 Å². The van der Waals surface area contributed by atoms with Crippen LogP contribution in [0.15, 0.2) is 0 Å². The van der Waals surface area contributed by atoms with Crippen LogP contribution in [0.5, 0.6) is 0 Å². The monoisotopic (exact) mass is 120 g/mol. The van der Waals surface area contributed by atoms with Crippen LogP contribution in [0.1, 0.15) is 13.8 Å². The van der Waals surface area contributed by atoms with Crippen molar-refractivity contribution in [1.82, 2.24) is 0 Å². The maximum absolute atomic E-state index is 5.26. The van der Waals surface area contributed by atoms with Gasteiger partial charge in [0.25, 0.3) is 0 Å². The van der Waals surface area contributed by atoms with Gasteiger partial charge in [0.2, 0.25) is 0 Å². The van der Waals surface area contributed by atoms with E-state index in [9.17, 15) is 0 Å². The van der Waals surface area contributed by atoms with Gasteiger partial charge in [-0.3, -0.25) is 0 Å². The average Bonchev–Trinajstić information content (AvgIpc) is 1.68. The summed E-state index contributed by atoms with van der Waals surface area (Å²) >= 11 is 0. The molecule has 0 amide bonds. The molecule has 0 N–H and O–H groups in total. The zero-order chi connectivity index (χ0) is 5.70. The minimum absolute atomic E-state index is 0.0784. The molecule has 1 atom stereocenters. The number of hydrogen-bond donors (Lipinski definition) is 0. The lowest BCUT2D eigenvalue weighted by Gasteiger charge is -2.05. The Kier molecular flexibility index (Phi) is 4.80. The van der Waals surface area contributed by atoms with Crippen molar-refractivity contribution in [3.8, 4) is 0 Å². The standard InChI is InChI=1S/C5H13OP/c1-4-6-7(3)5-2/h4-5H2,1-3H3. The molecular weight excluding hydrogens is 107 g/mol. The Morgan fingerprint density at radius 1 is 1.43 bits per heavy atom. The molecule has 1 unspecified atom stereocenters. The summed E-state index contributed by atoms with van der Waals surface area (Å²) in [5.74, 6) is 0. The Morgan fingerprint density at radius 3 is 2.14 bits per heavy atom. The first-order chi connectivity index (χ1) is 3.31. The van der Waals surface area contributed by atoms with Crippen molar-refractivity contribution in [3.05, 3.63) is 0 Å². The summed E-state index contributed by atoms with van der Waals surface area (Å²) in [6.45, 7) is 7.21. The first kappa shape index (κ1) is 7.39. The molecule has 0 aromatic heterocycles. The van der Waals surface area contributed by atoms with Gasteiger partial charge in [-0.25, -0.2) is 0 Å². The Labute approximate surface area is 46.9 Å². The van der Waals surface area contributed by atoms with Crippen LogP contribution >= 0.6 is 8.15 Å². The highest BCUT2D eigenvalue weighted by atomic mass is 31.1. The molecule has 0 saturated carbocycles. The van der Waals surface area contributed by atoms with Gasteiger partial charge in [0.1, 0.15) is 0 Å². The highest BCUT2D eigenvalue weighted by Gasteiger charge is 1.91. The van der Waals surface area contributed by atoms with Crippen molar-refractivity contribution < 1.29 is 4.52 Å². The van der Waals surface area contributed by atoms with Crippen LogP contribution in [-0.2, 0) is 4.52 Å². The van der Waals surface area contributed by atoms with Crippen LogP contribution in [0.2, 0.25) is 0 Å². The van der Waals surface area contributed by atoms with E-state index in [1.807, 2.05) is 6.92 Å². The molecule has 0 radical (unpaired) electrons. The minimum atomic E-state index is -0.0784. The zero-order valence-corrected chi connectivity index (χ0v) is 6.16. The van der Waals surface area contributed by atoms with Crippen molar-refractivity contribution in [2.24, 2.45) is 0 Å². The molecule has 0 heterocycles. The second-order valence-electron chi connectivity index (χ2n) is 1.36. The molecule has 0 aromatic rings. The van der Waals surface area contributed by atoms with Crippen LogP contribution in [0.3, 0.4) is 0 Å². The van der Waals surface area contributed by atoms with Gasteiger partial charge in [-0.2, -0.15) is 0 Å². The Bertz CT molecular complexity index is 39.1. The van der Waals surface area contributed by atoms with E-state index in [-0.39, 0.29) is 8.15 Å². The minimum Gasteiger partial charge on any atom is -0.360 e. The summed E-state index contributed by atoms with van der Waals surface area (Å²) in [6, 6.07) is 0. The van der Waals surface area contributed by atoms with Gasteiger partial charge >= 0.3 is 0 Å². The maximum atomic E-state index is 5.26. The van der Waals surface area contributed by atoms with Crippen LogP contribution in [-0.4, -0.2) is 19.4 Å². The Morgan fingerprint density at radius 2 is 2.00 bits per heavy atom. The van der Waals surface area contributed by atoms with Gasteiger partial charge in [-0.15, -0.1) is 0 Å². The molecule has 0 aliphatic heterocycles. The van der Waals surface area contributed by atoms with Crippen molar-refractivity contribution in [2.75, 3.05) is 19.4 Å². The lowest BCUT2D eigenvalue weighted by molar-refractivity contribution is 0.381. The fourth-order valence-corrected chi connectivity index (χ4v) is 0.935. The largest absolute Gasteiger partial charge is 0.360 e. The third-order valence-corrected chi connectivity index (χ3v) is 2.38. The molecule has 0 bridgehead atoms. The first-order valence-corrected chi connectivity index (χ1v) is 4.54. The normalized spacial score (nSPS) is 14.1. The van der Waals surface area contributed by atoms with E-state index < -0.39 is 0 Å². The van der Waals surface area contributed by atoms with Crippen molar-refractivity contribution >= 4 is 8.15 Å². The molecular formula is C5H13OP. The van der Waals surface area contributed by atoms with Gasteiger partial charge in [0, 0.05) is 14.8 Å². The van der Waals surface area contributed by atoms with Gasteiger partial charge in [0.15, 0.2) is 0 Å². The van der Waals surface area contributed by atoms with Crippen molar-refractivity contribution in [2.45, 2.75) is 13.8 Å². The van der Waals surface area contributed by atoms with E-state index in [1.165, 1.54) is 6.16 Å². The second kappa shape index (κ2) is 4.55. The van der Waals surface area contributed by atoms with Crippen molar-refractivity contribution in [3.63, 3.8) is 0 Å². The van der Waals surface area contributed by atoms with Crippen LogP contribution in [0.25, 0.3) is 0 Å². The first-order valence-electron chi connectivity index (χ1n) is 2.65. The quantitative estimate of drug-likeness (QED) is 0.518. The van der Waals surface area contributed by atoms with Gasteiger partial charge < -0.3 is 4.52 Å². The summed E-state index contributed by atoms with van der Waals surface area (Å²) < 4.78 is 5.26. The number of hydrogen-bond acceptors (Lipinski definition) is 1. The molecule has 1 nitrogen and oxygen atoms in total. The van der Waals surface area contributed by atoms with Crippen molar-refractivity contribution in [1.29, 1.82) is 0 Å². The lowest BCUT2D eigenvalue weighted by atomic mass is 10.9. The maximum Gasteiger partial charge on any atom is 0.0480 e. The molecule has 0 aliphatic rings. The third-order valence-electron chi connectivity index (χ3n) is 0.795. The molecule has 0 fully saturated rings. The summed E-state index contributed by atoms with van der Waals surface area (Å²) in [5, 5.41) is 0. The Hall–Kier alpha value is 0.390. The van der Waals surface area contributed by atoms with E-state index in [1.54, 1.807) is 0 Å². The fraction of sp³-hybridized carbons (Fsp3) is 1.00. The highest BCUT2D eigenvalue weighted by molar-refractivity contribution is 7.51. The summed E-state index contributed by atoms with van der Waals surface area (Å²) in [4.78, 5) is 0. The predicted molar refractivity (Wildman–Crippen MR) is 35.0 cm³/mol. The predicted octanol–water partition coefficient (Wildman–Crippen LogP) is 2.07. The van der Waals surface area contributed by atoms with Crippen LogP contribution in [0, 0.1) is 0 Å². The number of rotatable bonds is 3. The SMILES string of the molecule is CCOP(C)CC. The van der Waals surface area contributed by atoms with E-state index in [4.69, 9.17) is 4.52 Å². The molecule has 0 saturated heterocycles. The van der Waals surface area contributed by atoms with Gasteiger partial charge in [0.05, 0.1) is 0 Å². The van der Waals surface area contributed by atoms with Crippen LogP contribution in [0.4, 0.5) is 0 Å². The van der Waals surface area contributed by atoms with Gasteiger partial charge in [-0.05, 0) is 19.8 Å². The fourth-order valence-electron chi connectivity index (χ4n) is 0.312. The highest BCUT2D eigenvalue weighted by Crippen LogP contribution is 2.29. The Balaban J connectivity index is 2.83. The van der Waals surface area contributed by atoms with E-state index in [0.29, 0.717) is 0 Å². The van der Waals surface area contributed by atoms with E-state index >= 15 is 0 Å². The second-order valence-corrected chi connectivity index (χ2v) is 3.51. The molecule has 2 heteroatoms. The smallest absolute Gasteiger partial charge is 0.0480 e. The molecule has 0 aliphatic carbocycles. The topological polar surface area (TPSA) is 9.23 Å². The molecule has 7 heavy (non-hydrogen) atoms. The third kappa shape index (κ3) is 4.24. The zero-order valence-electron chi connectivity index (χ0n) is 5.27. The van der Waals surface area contributed by atoms with E-state index in [2.05, 4.69) is 13.6 Å². The average molecular weight is 120 g/mol. The molecule has 0 rings (SSSR count). The summed E-state index contributed by atoms with van der Waals surface area (Å²) in [5.41, 5.74) is 0. The van der Waals surface area contributed by atoms with E-state index in [0.717, 1.165) is 6.61 Å².